The maximum Gasteiger partial charge on any atom is 0.216 e. The van der Waals surface area contributed by atoms with Crippen LogP contribution in [0.25, 0.3) is 17.1 Å². The molecule has 29 heavy (non-hydrogen) atoms. The van der Waals surface area contributed by atoms with Crippen molar-refractivity contribution in [2.45, 2.75) is 13.8 Å². The van der Waals surface area contributed by atoms with Crippen LogP contribution in [0.5, 0.6) is 0 Å². The largest absolute Gasteiger partial charge is 0.250 e. The maximum absolute atomic E-state index is 13.2. The van der Waals surface area contributed by atoms with E-state index in [4.69, 9.17) is 23.8 Å². The summed E-state index contributed by atoms with van der Waals surface area (Å²) in [6.45, 7) is 3.82. The van der Waals surface area contributed by atoms with Gasteiger partial charge in [-0.2, -0.15) is 20.0 Å². The number of aromatic nitrogens is 5. The first-order valence-electron chi connectivity index (χ1n) is 8.74. The van der Waals surface area contributed by atoms with E-state index in [1.54, 1.807) is 23.0 Å². The van der Waals surface area contributed by atoms with E-state index in [0.717, 1.165) is 11.1 Å². The van der Waals surface area contributed by atoms with Crippen molar-refractivity contribution >= 4 is 30.0 Å². The molecule has 0 saturated heterocycles. The van der Waals surface area contributed by atoms with Gasteiger partial charge in [-0.05, 0) is 55.9 Å². The molecule has 0 saturated carbocycles. The Bertz CT molecular complexity index is 1270. The van der Waals surface area contributed by atoms with Crippen LogP contribution in [0, 0.1) is 24.4 Å². The molecular weight excluding hydrogens is 411 g/mol. The van der Waals surface area contributed by atoms with Crippen molar-refractivity contribution in [3.8, 4) is 17.1 Å². The lowest BCUT2D eigenvalue weighted by atomic mass is 10.1. The Kier molecular flexibility index (Phi) is 5.12. The molecule has 2 aromatic heterocycles. The van der Waals surface area contributed by atoms with Crippen LogP contribution in [0.1, 0.15) is 16.8 Å². The molecule has 1 N–H and O–H groups in total. The average Bonchev–Trinajstić information content (AvgIpc) is 3.20. The molecule has 4 rings (SSSR count). The Morgan fingerprint density at radius 2 is 1.86 bits per heavy atom. The van der Waals surface area contributed by atoms with E-state index in [0.29, 0.717) is 32.7 Å². The highest BCUT2D eigenvalue weighted by atomic mass is 35.5. The van der Waals surface area contributed by atoms with Gasteiger partial charge in [0, 0.05) is 5.56 Å². The number of aromatic amines is 1. The lowest BCUT2D eigenvalue weighted by Crippen LogP contribution is -1.98. The predicted octanol–water partition coefficient (Wildman–Crippen LogP) is 5.08. The van der Waals surface area contributed by atoms with Crippen molar-refractivity contribution in [1.29, 1.82) is 0 Å². The van der Waals surface area contributed by atoms with Gasteiger partial charge in [-0.25, -0.2) is 14.2 Å². The van der Waals surface area contributed by atoms with Crippen molar-refractivity contribution in [2.75, 3.05) is 0 Å². The minimum Gasteiger partial charge on any atom is -0.250 e. The van der Waals surface area contributed by atoms with Crippen LogP contribution in [-0.4, -0.2) is 30.9 Å². The summed E-state index contributed by atoms with van der Waals surface area (Å²) in [5.41, 5.74) is 3.93. The molecule has 0 aliphatic carbocycles. The molecule has 0 fully saturated rings. The summed E-state index contributed by atoms with van der Waals surface area (Å²) in [7, 11) is 0. The summed E-state index contributed by atoms with van der Waals surface area (Å²) in [6.07, 6.45) is 1.60. The van der Waals surface area contributed by atoms with Crippen LogP contribution in [0.2, 0.25) is 5.15 Å². The highest BCUT2D eigenvalue weighted by Gasteiger charge is 2.15. The second-order valence-electron chi connectivity index (χ2n) is 6.40. The summed E-state index contributed by atoms with van der Waals surface area (Å²) in [5, 5.41) is 16.4. The first-order chi connectivity index (χ1) is 14.0. The fraction of sp³-hybridized carbons (Fsp3) is 0.100. The molecule has 0 spiro atoms. The summed E-state index contributed by atoms with van der Waals surface area (Å²) >= 11 is 11.9. The zero-order chi connectivity index (χ0) is 20.5. The van der Waals surface area contributed by atoms with Crippen molar-refractivity contribution in [3.63, 3.8) is 0 Å². The number of nitrogens with one attached hydrogen (secondary N) is 1. The molecule has 6 nitrogen and oxygen atoms in total. The van der Waals surface area contributed by atoms with Crippen LogP contribution in [0.15, 0.2) is 53.6 Å². The second kappa shape index (κ2) is 7.73. The third-order valence-electron chi connectivity index (χ3n) is 4.46. The van der Waals surface area contributed by atoms with Crippen LogP contribution < -0.4 is 0 Å². The minimum atomic E-state index is -0.325. The first kappa shape index (κ1) is 19.2. The van der Waals surface area contributed by atoms with Gasteiger partial charge in [0.15, 0.2) is 5.82 Å². The summed E-state index contributed by atoms with van der Waals surface area (Å²) in [4.78, 5) is 0. The molecule has 2 heterocycles. The number of nitrogens with zero attached hydrogens (tertiary/aromatic N) is 5. The van der Waals surface area contributed by atoms with Crippen LogP contribution >= 0.6 is 23.8 Å². The number of hydrogen-bond acceptors (Lipinski definition) is 4. The van der Waals surface area contributed by atoms with E-state index in [1.807, 2.05) is 38.1 Å². The van der Waals surface area contributed by atoms with Gasteiger partial charge in [0.2, 0.25) is 4.77 Å². The average molecular weight is 427 g/mol. The molecule has 0 bridgehead atoms. The molecule has 0 aliphatic heterocycles. The summed E-state index contributed by atoms with van der Waals surface area (Å²) < 4.78 is 16.6. The molecule has 2 aromatic carbocycles. The van der Waals surface area contributed by atoms with Crippen molar-refractivity contribution in [2.24, 2.45) is 5.10 Å². The molecule has 0 aliphatic rings. The van der Waals surface area contributed by atoms with Crippen molar-refractivity contribution < 1.29 is 4.39 Å². The second-order valence-corrected chi connectivity index (χ2v) is 7.15. The van der Waals surface area contributed by atoms with Crippen LogP contribution in [-0.2, 0) is 0 Å². The lowest BCUT2D eigenvalue weighted by molar-refractivity contribution is 0.627. The smallest absolute Gasteiger partial charge is 0.216 e. The molecule has 0 amide bonds. The summed E-state index contributed by atoms with van der Waals surface area (Å²) in [6, 6.07) is 13.8. The molecule has 146 valence electrons. The maximum atomic E-state index is 13.2. The Hall–Kier alpha value is -3.10. The van der Waals surface area contributed by atoms with Gasteiger partial charge in [0.1, 0.15) is 11.0 Å². The summed E-state index contributed by atoms with van der Waals surface area (Å²) in [5.74, 6) is 0.276. The standard InChI is InChI=1S/C20H16ClFN6S/c1-12-5-3-4-6-16(12)19-24-25-20(29)28(19)23-11-17-13(2)26-27(18(17)21)15-9-7-14(22)8-10-15/h3-11H,1-2H3,(H,25,29)/b23-11+. The third kappa shape index (κ3) is 3.64. The fourth-order valence-electron chi connectivity index (χ4n) is 2.92. The zero-order valence-corrected chi connectivity index (χ0v) is 17.2. The molecule has 0 atom stereocenters. The number of hydrogen-bond donors (Lipinski definition) is 1. The van der Waals surface area contributed by atoms with Gasteiger partial charge in [-0.15, -0.1) is 0 Å². The van der Waals surface area contributed by atoms with E-state index in [9.17, 15) is 4.39 Å². The van der Waals surface area contributed by atoms with Gasteiger partial charge < -0.3 is 0 Å². The van der Waals surface area contributed by atoms with E-state index in [-0.39, 0.29) is 5.82 Å². The quantitative estimate of drug-likeness (QED) is 0.365. The van der Waals surface area contributed by atoms with Gasteiger partial charge in [-0.3, -0.25) is 0 Å². The number of rotatable bonds is 4. The Morgan fingerprint density at radius 1 is 1.14 bits per heavy atom. The van der Waals surface area contributed by atoms with Crippen LogP contribution in [0.4, 0.5) is 4.39 Å². The normalized spacial score (nSPS) is 11.4. The van der Waals surface area contributed by atoms with E-state index in [2.05, 4.69) is 20.4 Å². The van der Waals surface area contributed by atoms with Crippen molar-refractivity contribution in [3.05, 3.63) is 81.1 Å². The molecular formula is C20H16ClFN6S. The monoisotopic (exact) mass is 426 g/mol. The van der Waals surface area contributed by atoms with Gasteiger partial charge in [0.25, 0.3) is 0 Å². The number of aryl methyl sites for hydroxylation is 2. The fourth-order valence-corrected chi connectivity index (χ4v) is 3.42. The number of halogens is 2. The number of H-pyrrole nitrogens is 1. The van der Waals surface area contributed by atoms with Crippen molar-refractivity contribution in [1.82, 2.24) is 24.7 Å². The van der Waals surface area contributed by atoms with E-state index >= 15 is 0 Å². The van der Waals surface area contributed by atoms with Gasteiger partial charge >= 0.3 is 0 Å². The lowest BCUT2D eigenvalue weighted by Gasteiger charge is -2.04. The minimum absolute atomic E-state index is 0.325. The molecule has 0 unspecified atom stereocenters. The first-order valence-corrected chi connectivity index (χ1v) is 9.53. The molecule has 4 aromatic rings. The molecule has 9 heteroatoms. The zero-order valence-electron chi connectivity index (χ0n) is 15.6. The topological polar surface area (TPSA) is 63.8 Å². The molecule has 0 radical (unpaired) electrons. The third-order valence-corrected chi connectivity index (χ3v) is 5.09. The Morgan fingerprint density at radius 3 is 2.59 bits per heavy atom. The predicted molar refractivity (Wildman–Crippen MR) is 114 cm³/mol. The van der Waals surface area contributed by atoms with Gasteiger partial charge in [-0.1, -0.05) is 35.9 Å². The van der Waals surface area contributed by atoms with E-state index < -0.39 is 0 Å². The highest BCUT2D eigenvalue weighted by Crippen LogP contribution is 2.24. The van der Waals surface area contributed by atoms with Crippen LogP contribution in [0.3, 0.4) is 0 Å². The van der Waals surface area contributed by atoms with E-state index in [1.165, 1.54) is 16.8 Å². The SMILES string of the molecule is Cc1ccccc1-c1n[nH]c(=S)n1/N=C/c1c(C)nn(-c2ccc(F)cc2)c1Cl. The van der Waals surface area contributed by atoms with Gasteiger partial charge in [0.05, 0.1) is 23.2 Å². The Balaban J connectivity index is 1.75. The number of benzene rings is 2. The highest BCUT2D eigenvalue weighted by molar-refractivity contribution is 7.71. The Labute approximate surface area is 176 Å².